The zero-order valence-corrected chi connectivity index (χ0v) is 13.2. The van der Waals surface area contributed by atoms with E-state index in [0.29, 0.717) is 12.2 Å². The van der Waals surface area contributed by atoms with Crippen LogP contribution in [0.5, 0.6) is 0 Å². The minimum absolute atomic E-state index is 0.165. The Kier molecular flexibility index (Phi) is 4.17. The maximum atomic E-state index is 12.7. The second-order valence-electron chi connectivity index (χ2n) is 6.36. The number of hydrogen-bond acceptors (Lipinski definition) is 4. The highest BCUT2D eigenvalue weighted by Gasteiger charge is 2.44. The van der Waals surface area contributed by atoms with Crippen molar-refractivity contribution in [2.24, 2.45) is 11.7 Å². The molecule has 3 amide bonds. The lowest BCUT2D eigenvalue weighted by atomic mass is 9.96. The van der Waals surface area contributed by atoms with Crippen LogP contribution >= 0.6 is 0 Å². The zero-order valence-electron chi connectivity index (χ0n) is 13.2. The quantitative estimate of drug-likeness (QED) is 0.837. The summed E-state index contributed by atoms with van der Waals surface area (Å²) in [6, 6.07) is 6.86. The van der Waals surface area contributed by atoms with Gasteiger partial charge in [0.15, 0.2) is 0 Å². The summed E-state index contributed by atoms with van der Waals surface area (Å²) in [6.07, 6.45) is 1.73. The Bertz CT molecular complexity index is 641. The van der Waals surface area contributed by atoms with Crippen molar-refractivity contribution in [2.75, 3.05) is 18.0 Å². The minimum atomic E-state index is -0.481. The molecule has 1 aromatic rings. The number of anilines is 1. The molecule has 6 nitrogen and oxygen atoms in total. The van der Waals surface area contributed by atoms with Gasteiger partial charge in [-0.15, -0.1) is 0 Å². The van der Waals surface area contributed by atoms with Gasteiger partial charge in [-0.25, -0.2) is 4.90 Å². The number of primary amides is 1. The molecule has 1 aromatic carbocycles. The Hall–Kier alpha value is -2.21. The second-order valence-corrected chi connectivity index (χ2v) is 6.36. The first-order chi connectivity index (χ1) is 11.0. The van der Waals surface area contributed by atoms with Gasteiger partial charge in [-0.1, -0.05) is 17.7 Å². The molecule has 0 saturated carbocycles. The number of piperidine rings is 1. The van der Waals surface area contributed by atoms with E-state index in [0.717, 1.165) is 24.9 Å². The van der Waals surface area contributed by atoms with Crippen LogP contribution in [0.2, 0.25) is 0 Å². The summed E-state index contributed by atoms with van der Waals surface area (Å²) in [4.78, 5) is 39.7. The van der Waals surface area contributed by atoms with Crippen molar-refractivity contribution in [2.45, 2.75) is 32.2 Å². The minimum Gasteiger partial charge on any atom is -0.369 e. The summed E-state index contributed by atoms with van der Waals surface area (Å²) in [5.41, 5.74) is 7.08. The largest absolute Gasteiger partial charge is 0.369 e. The van der Waals surface area contributed by atoms with Crippen molar-refractivity contribution in [3.8, 4) is 0 Å². The van der Waals surface area contributed by atoms with Gasteiger partial charge in [0, 0.05) is 6.54 Å². The highest BCUT2D eigenvalue weighted by Crippen LogP contribution is 2.28. The topological polar surface area (TPSA) is 83.7 Å². The fraction of sp³-hybridized carbons (Fsp3) is 0.471. The van der Waals surface area contributed by atoms with Crippen LogP contribution < -0.4 is 10.6 Å². The number of nitrogens with two attached hydrogens (primary N) is 1. The average Bonchev–Trinajstić information content (AvgIpc) is 2.83. The van der Waals surface area contributed by atoms with Crippen LogP contribution in [0.3, 0.4) is 0 Å². The van der Waals surface area contributed by atoms with Gasteiger partial charge in [-0.05, 0) is 38.4 Å². The molecule has 0 unspecified atom stereocenters. The van der Waals surface area contributed by atoms with E-state index in [1.165, 1.54) is 4.90 Å². The van der Waals surface area contributed by atoms with Gasteiger partial charge in [-0.3, -0.25) is 19.3 Å². The molecule has 2 heterocycles. The first-order valence-corrected chi connectivity index (χ1v) is 7.94. The number of hydrogen-bond donors (Lipinski definition) is 1. The molecular weight excluding hydrogens is 294 g/mol. The van der Waals surface area contributed by atoms with E-state index in [-0.39, 0.29) is 30.1 Å². The van der Waals surface area contributed by atoms with E-state index >= 15 is 0 Å². The molecular formula is C17H21N3O3. The SMILES string of the molecule is Cc1ccc(N2C(=O)C[C@@H](N3CCC[C@@H](C(N)=O)C3)C2=O)cc1. The summed E-state index contributed by atoms with van der Waals surface area (Å²) < 4.78 is 0. The number of likely N-dealkylation sites (tertiary alicyclic amines) is 1. The number of carbonyl (C=O) groups excluding carboxylic acids is 3. The van der Waals surface area contributed by atoms with Crippen molar-refractivity contribution < 1.29 is 14.4 Å². The Morgan fingerprint density at radius 3 is 2.57 bits per heavy atom. The molecule has 2 atom stereocenters. The summed E-state index contributed by atoms with van der Waals surface area (Å²) >= 11 is 0. The van der Waals surface area contributed by atoms with E-state index < -0.39 is 6.04 Å². The number of aryl methyl sites for hydroxylation is 1. The highest BCUT2D eigenvalue weighted by atomic mass is 16.2. The predicted molar refractivity (Wildman–Crippen MR) is 85.6 cm³/mol. The number of imide groups is 1. The number of rotatable bonds is 3. The Labute approximate surface area is 135 Å². The van der Waals surface area contributed by atoms with E-state index in [2.05, 4.69) is 0 Å². The van der Waals surface area contributed by atoms with Crippen molar-refractivity contribution in [3.05, 3.63) is 29.8 Å². The second kappa shape index (κ2) is 6.12. The van der Waals surface area contributed by atoms with E-state index in [9.17, 15) is 14.4 Å². The Morgan fingerprint density at radius 2 is 1.91 bits per heavy atom. The third-order valence-corrected chi connectivity index (χ3v) is 4.71. The molecule has 2 aliphatic heterocycles. The summed E-state index contributed by atoms with van der Waals surface area (Å²) in [5.74, 6) is -0.962. The van der Waals surface area contributed by atoms with E-state index in [1.807, 2.05) is 24.0 Å². The molecule has 2 fully saturated rings. The fourth-order valence-electron chi connectivity index (χ4n) is 3.39. The number of carbonyl (C=O) groups is 3. The highest BCUT2D eigenvalue weighted by molar-refractivity contribution is 6.22. The average molecular weight is 315 g/mol. The van der Waals surface area contributed by atoms with Crippen LogP contribution in [0.25, 0.3) is 0 Å². The van der Waals surface area contributed by atoms with Gasteiger partial charge in [0.05, 0.1) is 24.1 Å². The van der Waals surface area contributed by atoms with E-state index in [4.69, 9.17) is 5.73 Å². The van der Waals surface area contributed by atoms with Gasteiger partial charge >= 0.3 is 0 Å². The summed E-state index contributed by atoms with van der Waals surface area (Å²) in [7, 11) is 0. The Morgan fingerprint density at radius 1 is 1.22 bits per heavy atom. The van der Waals surface area contributed by atoms with Gasteiger partial charge in [0.1, 0.15) is 0 Å². The van der Waals surface area contributed by atoms with E-state index in [1.54, 1.807) is 12.1 Å². The molecule has 2 N–H and O–H groups in total. The molecule has 0 bridgehead atoms. The summed E-state index contributed by atoms with van der Waals surface area (Å²) in [6.45, 7) is 3.13. The van der Waals surface area contributed by atoms with Crippen molar-refractivity contribution in [1.29, 1.82) is 0 Å². The smallest absolute Gasteiger partial charge is 0.251 e. The third kappa shape index (κ3) is 2.99. The normalized spacial score (nSPS) is 25.9. The van der Waals surface area contributed by atoms with Crippen LogP contribution in [0.15, 0.2) is 24.3 Å². The summed E-state index contributed by atoms with van der Waals surface area (Å²) in [5, 5.41) is 0. The fourth-order valence-corrected chi connectivity index (χ4v) is 3.39. The lowest BCUT2D eigenvalue weighted by molar-refractivity contribution is -0.127. The third-order valence-electron chi connectivity index (χ3n) is 4.71. The van der Waals surface area contributed by atoms with Crippen molar-refractivity contribution in [3.63, 3.8) is 0 Å². The lowest BCUT2D eigenvalue weighted by Gasteiger charge is -2.34. The molecule has 0 radical (unpaired) electrons. The first kappa shape index (κ1) is 15.7. The van der Waals surface area contributed by atoms with Crippen molar-refractivity contribution >= 4 is 23.4 Å². The predicted octanol–water partition coefficient (Wildman–Crippen LogP) is 0.824. The van der Waals surface area contributed by atoms with Crippen molar-refractivity contribution in [1.82, 2.24) is 4.90 Å². The van der Waals surface area contributed by atoms with Crippen LogP contribution in [-0.2, 0) is 14.4 Å². The van der Waals surface area contributed by atoms with Gasteiger partial charge in [0.25, 0.3) is 5.91 Å². The molecule has 0 spiro atoms. The molecule has 6 heteroatoms. The first-order valence-electron chi connectivity index (χ1n) is 7.94. The zero-order chi connectivity index (χ0) is 16.6. The standard InChI is InChI=1S/C17H21N3O3/c1-11-4-6-13(7-5-11)20-15(21)9-14(17(20)23)19-8-2-3-12(10-19)16(18)22/h4-7,12,14H,2-3,8-10H2,1H3,(H2,18,22)/t12-,14-/m1/s1. The molecule has 0 aliphatic carbocycles. The molecule has 3 rings (SSSR count). The number of nitrogens with zero attached hydrogens (tertiary/aromatic N) is 2. The maximum Gasteiger partial charge on any atom is 0.251 e. The Balaban J connectivity index is 1.78. The van der Waals surface area contributed by atoms with Gasteiger partial charge < -0.3 is 5.73 Å². The maximum absolute atomic E-state index is 12.7. The lowest BCUT2D eigenvalue weighted by Crippen LogP contribution is -2.49. The molecule has 23 heavy (non-hydrogen) atoms. The van der Waals surface area contributed by atoms with Gasteiger partial charge in [0.2, 0.25) is 11.8 Å². The van der Waals surface area contributed by atoms with Crippen LogP contribution in [-0.4, -0.2) is 41.8 Å². The molecule has 0 aromatic heterocycles. The number of benzene rings is 1. The molecule has 2 saturated heterocycles. The van der Waals surface area contributed by atoms with Crippen LogP contribution in [0.4, 0.5) is 5.69 Å². The molecule has 2 aliphatic rings. The van der Waals surface area contributed by atoms with Crippen LogP contribution in [0, 0.1) is 12.8 Å². The number of amides is 3. The van der Waals surface area contributed by atoms with Crippen LogP contribution in [0.1, 0.15) is 24.8 Å². The van der Waals surface area contributed by atoms with Gasteiger partial charge in [-0.2, -0.15) is 0 Å². The monoisotopic (exact) mass is 315 g/mol. The molecule has 122 valence electrons.